The second kappa shape index (κ2) is 17.4. The molecule has 0 radical (unpaired) electrons. The number of phenols is 1. The predicted octanol–water partition coefficient (Wildman–Crippen LogP) is 17.0. The zero-order valence-corrected chi connectivity index (χ0v) is 36.3. The van der Waals surface area contributed by atoms with Gasteiger partial charge in [-0.05, 0) is 152 Å². The van der Waals surface area contributed by atoms with Gasteiger partial charge in [0.15, 0.2) is 0 Å². The number of aryl methyl sites for hydroxylation is 2. The van der Waals surface area contributed by atoms with Crippen LogP contribution in [0.15, 0.2) is 194 Å². The van der Waals surface area contributed by atoms with Crippen molar-refractivity contribution in [2.45, 2.75) is 65.6 Å². The van der Waals surface area contributed by atoms with Gasteiger partial charge in [0.1, 0.15) is 11.6 Å². The standard InChI is InChI=1S/C64H57N3O/c1-41-27-28-47(44-21-14-10-15-22-44)37-54(41)48-31-32-65-57(38-48)51-35-49(45-23-16-11-17-24-45)34-50(36-51)53-25-18-26-59-60(53)66-62(55-39-52(63(3,4)5)40-56(61(55)68)64(6,7)8)67(59)58-30-29-46(33-42(58)2)43-19-12-9-13-20-43/h9-40,68H,1-8H3/i1D3,2D3,3D3,4D3,5D3,6D3,7D3,8D3. The minimum atomic E-state index is -4.27. The van der Waals surface area contributed by atoms with Crippen molar-refractivity contribution in [3.63, 3.8) is 0 Å². The average molecular weight is 908 g/mol. The molecule has 0 saturated carbocycles. The molecule has 2 aromatic heterocycles. The molecule has 334 valence electrons. The highest BCUT2D eigenvalue weighted by Crippen LogP contribution is 2.45. The average Bonchev–Trinajstić information content (AvgIpc) is 0.805. The summed E-state index contributed by atoms with van der Waals surface area (Å²) in [4.78, 5) is 9.84. The lowest BCUT2D eigenvalue weighted by atomic mass is 9.79. The largest absolute Gasteiger partial charge is 0.507 e. The van der Waals surface area contributed by atoms with Crippen LogP contribution in [0.2, 0.25) is 0 Å². The van der Waals surface area contributed by atoms with Crippen molar-refractivity contribution in [1.82, 2.24) is 14.5 Å². The first-order valence-corrected chi connectivity index (χ1v) is 21.6. The van der Waals surface area contributed by atoms with Crippen LogP contribution in [-0.4, -0.2) is 19.6 Å². The minimum Gasteiger partial charge on any atom is -0.507 e. The van der Waals surface area contributed by atoms with Crippen molar-refractivity contribution in [2.24, 2.45) is 0 Å². The molecule has 0 bridgehead atoms. The first-order chi connectivity index (χ1) is 42.6. The van der Waals surface area contributed by atoms with Gasteiger partial charge in [-0.15, -0.1) is 0 Å². The van der Waals surface area contributed by atoms with Crippen LogP contribution in [0, 0.1) is 13.7 Å². The Bertz CT molecular complexity index is 4330. The smallest absolute Gasteiger partial charge is 0.149 e. The van der Waals surface area contributed by atoms with E-state index in [-0.39, 0.29) is 33.9 Å². The quantitative estimate of drug-likeness (QED) is 0.165. The van der Waals surface area contributed by atoms with Crippen LogP contribution in [0.25, 0.3) is 95.0 Å². The Kier molecular flexibility index (Phi) is 6.23. The monoisotopic (exact) mass is 908 g/mol. The Balaban J connectivity index is 1.36. The Morgan fingerprint density at radius 1 is 0.456 bits per heavy atom. The van der Waals surface area contributed by atoms with E-state index in [1.165, 1.54) is 24.4 Å². The molecule has 0 amide bonds. The van der Waals surface area contributed by atoms with Gasteiger partial charge >= 0.3 is 0 Å². The van der Waals surface area contributed by atoms with E-state index in [0.29, 0.717) is 56.3 Å². The SMILES string of the molecule is [2H]C([2H])([2H])c1ccc(-c2ccccc2)cc1-c1ccnc(-c2cc(-c3ccccc3)cc(-c3cccc4c3nc(-c3cc(C(C([2H])([2H])[2H])(C([2H])([2H])[2H])C([2H])([2H])[2H])cc(C(C([2H])([2H])[2H])(C([2H])([2H])[2H])C([2H])([2H])[2H])c3O)n4-c3ccc(-c4ccccc4)cc3C([2H])([2H])[2H])c2)c1. The zero-order valence-electron chi connectivity index (χ0n) is 60.3. The van der Waals surface area contributed by atoms with Gasteiger partial charge in [0.05, 0.1) is 28.0 Å². The van der Waals surface area contributed by atoms with Gasteiger partial charge in [-0.3, -0.25) is 9.55 Å². The van der Waals surface area contributed by atoms with Crippen molar-refractivity contribution in [3.8, 4) is 89.7 Å². The van der Waals surface area contributed by atoms with Crippen LogP contribution < -0.4 is 0 Å². The maximum atomic E-state index is 13.1. The fourth-order valence-electron chi connectivity index (χ4n) is 8.68. The molecule has 0 saturated heterocycles. The van der Waals surface area contributed by atoms with Crippen LogP contribution >= 0.6 is 0 Å². The third-order valence-corrected chi connectivity index (χ3v) is 12.1. The second-order valence-electron chi connectivity index (χ2n) is 16.7. The summed E-state index contributed by atoms with van der Waals surface area (Å²) in [5.74, 6) is -2.23. The maximum absolute atomic E-state index is 13.1. The van der Waals surface area contributed by atoms with Gasteiger partial charge in [-0.2, -0.15) is 0 Å². The van der Waals surface area contributed by atoms with E-state index < -0.39 is 99.5 Å². The van der Waals surface area contributed by atoms with Gasteiger partial charge in [0.2, 0.25) is 0 Å². The topological polar surface area (TPSA) is 50.9 Å². The number of imidazole rings is 1. The summed E-state index contributed by atoms with van der Waals surface area (Å²) in [5, 5.41) is 13.1. The van der Waals surface area contributed by atoms with Gasteiger partial charge in [0.25, 0.3) is 0 Å². The molecule has 4 heteroatoms. The Morgan fingerprint density at radius 2 is 1.09 bits per heavy atom. The molecular weight excluding hydrogens is 827 g/mol. The molecule has 0 aliphatic carbocycles. The summed E-state index contributed by atoms with van der Waals surface area (Å²) in [5.41, 5.74) is -6.89. The number of rotatable bonds is 8. The first-order valence-electron chi connectivity index (χ1n) is 33.6. The summed E-state index contributed by atoms with van der Waals surface area (Å²) in [6.07, 6.45) is 1.53. The van der Waals surface area contributed by atoms with Crippen molar-refractivity contribution in [3.05, 3.63) is 217 Å². The van der Waals surface area contributed by atoms with E-state index in [2.05, 4.69) is 0 Å². The number of aromatic hydroxyl groups is 1. The van der Waals surface area contributed by atoms with E-state index in [9.17, 15) is 5.11 Å². The van der Waals surface area contributed by atoms with Crippen molar-refractivity contribution < 1.29 is 38.0 Å². The molecule has 68 heavy (non-hydrogen) atoms. The number of hydrogen-bond donors (Lipinski definition) is 1. The number of nitrogens with zero attached hydrogens (tertiary/aromatic N) is 3. The number of aromatic nitrogens is 3. The van der Waals surface area contributed by atoms with Crippen molar-refractivity contribution in [1.29, 1.82) is 0 Å². The number of phenolic OH excluding ortho intramolecular Hbond substituents is 1. The minimum absolute atomic E-state index is 0.0217. The molecule has 0 aliphatic heterocycles. The van der Waals surface area contributed by atoms with Crippen molar-refractivity contribution in [2.75, 3.05) is 0 Å². The molecule has 0 spiro atoms. The fourth-order valence-corrected chi connectivity index (χ4v) is 8.68. The number of benzene rings is 8. The summed E-state index contributed by atoms with van der Waals surface area (Å²) >= 11 is 0. The summed E-state index contributed by atoms with van der Waals surface area (Å²) in [7, 11) is 0. The van der Waals surface area contributed by atoms with E-state index >= 15 is 0 Å². The normalized spacial score (nSPS) is 18.6. The highest BCUT2D eigenvalue weighted by atomic mass is 16.3. The highest BCUT2D eigenvalue weighted by molar-refractivity contribution is 5.98. The first kappa shape index (κ1) is 24.3. The van der Waals surface area contributed by atoms with Gasteiger partial charge in [0, 0.05) is 55.8 Å². The Hall–Kier alpha value is -7.82. The molecule has 4 nitrogen and oxygen atoms in total. The lowest BCUT2D eigenvalue weighted by molar-refractivity contribution is 0.446. The molecule has 1 N–H and O–H groups in total. The van der Waals surface area contributed by atoms with Crippen molar-refractivity contribution >= 4 is 11.0 Å². The predicted molar refractivity (Wildman–Crippen MR) is 285 cm³/mol. The fraction of sp³-hybridized carbons (Fsp3) is 0.156. The number of hydrogen-bond acceptors (Lipinski definition) is 3. The molecule has 10 aromatic rings. The molecule has 0 unspecified atom stereocenters. The van der Waals surface area contributed by atoms with E-state index in [1.54, 1.807) is 91.0 Å². The molecule has 10 rings (SSSR count). The highest BCUT2D eigenvalue weighted by Gasteiger charge is 2.29. The van der Waals surface area contributed by atoms with Crippen LogP contribution in [-0.2, 0) is 10.8 Å². The van der Waals surface area contributed by atoms with Crippen LogP contribution in [0.4, 0.5) is 0 Å². The van der Waals surface area contributed by atoms with E-state index in [4.69, 9.17) is 42.9 Å². The zero-order chi connectivity index (χ0) is 67.3. The molecule has 8 aromatic carbocycles. The van der Waals surface area contributed by atoms with Crippen LogP contribution in [0.3, 0.4) is 0 Å². The summed E-state index contributed by atoms with van der Waals surface area (Å²) in [6.45, 7) is -30.8. The molecule has 2 heterocycles. The van der Waals surface area contributed by atoms with E-state index in [1.807, 2.05) is 66.7 Å². The van der Waals surface area contributed by atoms with Gasteiger partial charge in [-0.25, -0.2) is 4.98 Å². The molecule has 0 fully saturated rings. The van der Waals surface area contributed by atoms with Gasteiger partial charge in [-0.1, -0.05) is 169 Å². The lowest BCUT2D eigenvalue weighted by Gasteiger charge is -2.27. The third kappa shape index (κ3) is 8.43. The maximum Gasteiger partial charge on any atom is 0.149 e. The Morgan fingerprint density at radius 3 is 1.76 bits per heavy atom. The summed E-state index contributed by atoms with van der Waals surface area (Å²) in [6, 6.07) is 50.7. The number of pyridine rings is 1. The van der Waals surface area contributed by atoms with E-state index in [0.717, 1.165) is 15.7 Å². The summed E-state index contributed by atoms with van der Waals surface area (Å²) < 4.78 is 212. The number of para-hydroxylation sites is 1. The molecule has 0 aliphatic rings. The Labute approximate surface area is 435 Å². The van der Waals surface area contributed by atoms with Gasteiger partial charge < -0.3 is 5.11 Å². The number of fused-ring (bicyclic) bond motifs is 1. The van der Waals surface area contributed by atoms with Crippen LogP contribution in [0.1, 0.15) is 96.3 Å². The van der Waals surface area contributed by atoms with Crippen LogP contribution in [0.5, 0.6) is 5.75 Å². The lowest BCUT2D eigenvalue weighted by Crippen LogP contribution is -2.17. The second-order valence-corrected chi connectivity index (χ2v) is 16.7. The molecular formula is C64H57N3O. The third-order valence-electron chi connectivity index (χ3n) is 12.1. The molecule has 0 atom stereocenters.